The highest BCUT2D eigenvalue weighted by atomic mass is 127. The molecule has 1 aromatic heterocycles. The van der Waals surface area contributed by atoms with E-state index in [4.69, 9.17) is 5.11 Å². The number of aromatic nitrogens is 2. The van der Waals surface area contributed by atoms with E-state index in [0.717, 1.165) is 3.57 Å². The maximum Gasteiger partial charge on any atom is 0.325 e. The summed E-state index contributed by atoms with van der Waals surface area (Å²) in [7, 11) is 0. The largest absolute Gasteiger partial charge is 0.480 e. The number of hydrogen-bond donors (Lipinski definition) is 2. The van der Waals surface area contributed by atoms with Crippen LogP contribution in [0.5, 0.6) is 0 Å². The molecule has 0 aliphatic heterocycles. The second kappa shape index (κ2) is 5.83. The Kier molecular flexibility index (Phi) is 4.15. The van der Waals surface area contributed by atoms with Crippen LogP contribution in [0.3, 0.4) is 0 Å². The van der Waals surface area contributed by atoms with Crippen molar-refractivity contribution in [2.45, 2.75) is 6.54 Å². The van der Waals surface area contributed by atoms with Gasteiger partial charge < -0.3 is 10.4 Å². The summed E-state index contributed by atoms with van der Waals surface area (Å²) in [5, 5.41) is 15.1. The minimum absolute atomic E-state index is 0.237. The standard InChI is InChI=1S/C12H10IN3O3/c13-9-3-1-2-8(4-9)12(19)15-10-5-14-16(6-10)7-11(17)18/h1-6H,7H2,(H,15,19)(H,17,18). The van der Waals surface area contributed by atoms with Crippen LogP contribution in [-0.2, 0) is 11.3 Å². The summed E-state index contributed by atoms with van der Waals surface area (Å²) in [6, 6.07) is 7.16. The first kappa shape index (κ1) is 13.5. The van der Waals surface area contributed by atoms with Gasteiger partial charge in [-0.05, 0) is 40.8 Å². The van der Waals surface area contributed by atoms with E-state index in [0.29, 0.717) is 11.3 Å². The van der Waals surface area contributed by atoms with Gasteiger partial charge in [0, 0.05) is 15.3 Å². The van der Waals surface area contributed by atoms with E-state index in [9.17, 15) is 9.59 Å². The highest BCUT2D eigenvalue weighted by Gasteiger charge is 2.08. The van der Waals surface area contributed by atoms with Crippen molar-refractivity contribution in [2.75, 3.05) is 5.32 Å². The van der Waals surface area contributed by atoms with Crippen molar-refractivity contribution in [1.82, 2.24) is 9.78 Å². The van der Waals surface area contributed by atoms with Crippen LogP contribution >= 0.6 is 22.6 Å². The lowest BCUT2D eigenvalue weighted by Gasteiger charge is -2.02. The fourth-order valence-electron chi connectivity index (χ4n) is 1.49. The number of aliphatic carboxylic acids is 1. The molecule has 0 aliphatic rings. The third-order valence-electron chi connectivity index (χ3n) is 2.28. The summed E-state index contributed by atoms with van der Waals surface area (Å²) < 4.78 is 2.21. The number of halogens is 1. The zero-order chi connectivity index (χ0) is 13.8. The fourth-order valence-corrected chi connectivity index (χ4v) is 2.03. The predicted molar refractivity (Wildman–Crippen MR) is 77.0 cm³/mol. The van der Waals surface area contributed by atoms with Crippen molar-refractivity contribution in [3.63, 3.8) is 0 Å². The zero-order valence-electron chi connectivity index (χ0n) is 9.71. The van der Waals surface area contributed by atoms with E-state index < -0.39 is 5.97 Å². The SMILES string of the molecule is O=C(O)Cn1cc(NC(=O)c2cccc(I)c2)cn1. The molecule has 2 N–H and O–H groups in total. The number of carbonyl (C=O) groups is 2. The maximum atomic E-state index is 11.9. The first-order valence-corrected chi connectivity index (χ1v) is 6.43. The van der Waals surface area contributed by atoms with Gasteiger partial charge >= 0.3 is 5.97 Å². The van der Waals surface area contributed by atoms with Gasteiger partial charge in [0.2, 0.25) is 0 Å². The summed E-state index contributed by atoms with van der Waals surface area (Å²) in [5.41, 5.74) is 1.00. The molecule has 0 atom stereocenters. The number of nitrogens with zero attached hydrogens (tertiary/aromatic N) is 2. The molecule has 0 fully saturated rings. The van der Waals surface area contributed by atoms with E-state index in [1.54, 1.807) is 18.2 Å². The Morgan fingerprint density at radius 2 is 2.21 bits per heavy atom. The summed E-state index contributed by atoms with van der Waals surface area (Å²) in [4.78, 5) is 22.4. The molecule has 0 unspecified atom stereocenters. The number of hydrogen-bond acceptors (Lipinski definition) is 3. The van der Waals surface area contributed by atoms with Gasteiger partial charge in [0.25, 0.3) is 5.91 Å². The van der Waals surface area contributed by atoms with Gasteiger partial charge in [-0.15, -0.1) is 0 Å². The van der Waals surface area contributed by atoms with Crippen molar-refractivity contribution in [3.8, 4) is 0 Å². The fraction of sp³-hybridized carbons (Fsp3) is 0.0833. The van der Waals surface area contributed by atoms with Crippen molar-refractivity contribution in [3.05, 3.63) is 45.8 Å². The second-order valence-electron chi connectivity index (χ2n) is 3.78. The van der Waals surface area contributed by atoms with Crippen LogP contribution in [-0.4, -0.2) is 26.8 Å². The molecule has 6 nitrogen and oxygen atoms in total. The molecule has 0 aliphatic carbocycles. The molecule has 0 saturated carbocycles. The third-order valence-corrected chi connectivity index (χ3v) is 2.95. The Morgan fingerprint density at radius 3 is 2.89 bits per heavy atom. The molecular formula is C12H10IN3O3. The third kappa shape index (κ3) is 3.78. The topological polar surface area (TPSA) is 84.2 Å². The number of carbonyl (C=O) groups excluding carboxylic acids is 1. The van der Waals surface area contributed by atoms with Crippen molar-refractivity contribution >= 4 is 40.2 Å². The second-order valence-corrected chi connectivity index (χ2v) is 5.03. The van der Waals surface area contributed by atoms with Crippen LogP contribution in [0.4, 0.5) is 5.69 Å². The molecular weight excluding hydrogens is 361 g/mol. The highest BCUT2D eigenvalue weighted by Crippen LogP contribution is 2.11. The summed E-state index contributed by atoms with van der Waals surface area (Å²) in [6.07, 6.45) is 2.88. The van der Waals surface area contributed by atoms with Gasteiger partial charge in [-0.3, -0.25) is 14.3 Å². The quantitative estimate of drug-likeness (QED) is 0.804. The number of amides is 1. The van der Waals surface area contributed by atoms with Gasteiger partial charge in [0.1, 0.15) is 6.54 Å². The Hall–Kier alpha value is -1.90. The van der Waals surface area contributed by atoms with Crippen molar-refractivity contribution < 1.29 is 14.7 Å². The van der Waals surface area contributed by atoms with E-state index in [1.807, 2.05) is 6.07 Å². The normalized spacial score (nSPS) is 10.2. The Morgan fingerprint density at radius 1 is 1.42 bits per heavy atom. The smallest absolute Gasteiger partial charge is 0.325 e. The van der Waals surface area contributed by atoms with Gasteiger partial charge in [-0.2, -0.15) is 5.10 Å². The number of rotatable bonds is 4. The predicted octanol–water partition coefficient (Wildman–Crippen LogP) is 1.82. The first-order valence-electron chi connectivity index (χ1n) is 5.36. The zero-order valence-corrected chi connectivity index (χ0v) is 11.9. The minimum Gasteiger partial charge on any atom is -0.480 e. The lowest BCUT2D eigenvalue weighted by molar-refractivity contribution is -0.137. The van der Waals surface area contributed by atoms with Gasteiger partial charge in [-0.25, -0.2) is 0 Å². The summed E-state index contributed by atoms with van der Waals surface area (Å²) in [6.45, 7) is -0.237. The van der Waals surface area contributed by atoms with Gasteiger partial charge in [0.05, 0.1) is 11.9 Å². The van der Waals surface area contributed by atoms with Crippen LogP contribution in [0.15, 0.2) is 36.7 Å². The van der Waals surface area contributed by atoms with E-state index in [2.05, 4.69) is 33.0 Å². The molecule has 0 bridgehead atoms. The Labute approximate surface area is 122 Å². The monoisotopic (exact) mass is 371 g/mol. The first-order chi connectivity index (χ1) is 9.04. The Bertz CT molecular complexity index is 624. The molecule has 0 spiro atoms. The highest BCUT2D eigenvalue weighted by molar-refractivity contribution is 14.1. The van der Waals surface area contributed by atoms with Crippen LogP contribution in [0.2, 0.25) is 0 Å². The summed E-state index contributed by atoms with van der Waals surface area (Å²) in [5.74, 6) is -1.24. The molecule has 19 heavy (non-hydrogen) atoms. The number of benzene rings is 1. The minimum atomic E-state index is -0.987. The molecule has 0 saturated heterocycles. The van der Waals surface area contributed by atoms with Crippen molar-refractivity contribution in [2.24, 2.45) is 0 Å². The number of carboxylic acids is 1. The van der Waals surface area contributed by atoms with E-state index in [-0.39, 0.29) is 12.5 Å². The summed E-state index contributed by atoms with van der Waals surface area (Å²) >= 11 is 2.13. The maximum absolute atomic E-state index is 11.9. The van der Waals surface area contributed by atoms with Crippen LogP contribution < -0.4 is 5.32 Å². The average Bonchev–Trinajstić information content (AvgIpc) is 2.75. The number of anilines is 1. The molecule has 1 aromatic carbocycles. The molecule has 1 amide bonds. The molecule has 1 heterocycles. The van der Waals surface area contributed by atoms with E-state index in [1.165, 1.54) is 17.1 Å². The lowest BCUT2D eigenvalue weighted by atomic mass is 10.2. The lowest BCUT2D eigenvalue weighted by Crippen LogP contribution is -2.12. The number of nitrogens with one attached hydrogen (secondary N) is 1. The average molecular weight is 371 g/mol. The molecule has 7 heteroatoms. The van der Waals surface area contributed by atoms with Gasteiger partial charge in [0.15, 0.2) is 0 Å². The molecule has 2 rings (SSSR count). The number of carboxylic acid groups (broad SMARTS) is 1. The van der Waals surface area contributed by atoms with Crippen LogP contribution in [0, 0.1) is 3.57 Å². The van der Waals surface area contributed by atoms with Gasteiger partial charge in [-0.1, -0.05) is 6.07 Å². The van der Waals surface area contributed by atoms with Crippen LogP contribution in [0.25, 0.3) is 0 Å². The molecule has 0 radical (unpaired) electrons. The molecule has 2 aromatic rings. The van der Waals surface area contributed by atoms with Crippen LogP contribution in [0.1, 0.15) is 10.4 Å². The van der Waals surface area contributed by atoms with Crippen molar-refractivity contribution in [1.29, 1.82) is 0 Å². The Balaban J connectivity index is 2.06. The van der Waals surface area contributed by atoms with E-state index >= 15 is 0 Å². The molecule has 98 valence electrons.